The Morgan fingerprint density at radius 3 is 2.96 bits per heavy atom. The molecule has 1 aromatic carbocycles. The van der Waals surface area contributed by atoms with Crippen molar-refractivity contribution in [1.82, 2.24) is 9.97 Å². The van der Waals surface area contributed by atoms with E-state index in [0.29, 0.717) is 28.9 Å². The molecule has 1 N–H and O–H groups in total. The van der Waals surface area contributed by atoms with Crippen molar-refractivity contribution in [1.29, 1.82) is 0 Å². The van der Waals surface area contributed by atoms with Crippen molar-refractivity contribution in [2.24, 2.45) is 0 Å². The van der Waals surface area contributed by atoms with Gasteiger partial charge < -0.3 is 10.1 Å². The van der Waals surface area contributed by atoms with Gasteiger partial charge in [-0.3, -0.25) is 0 Å². The smallest absolute Gasteiger partial charge is 0.348 e. The Hall–Kier alpha value is -2.18. The number of rotatable bonds is 5. The van der Waals surface area contributed by atoms with Crippen LogP contribution in [-0.4, -0.2) is 22.5 Å². The molecule has 3 rings (SSSR count). The Kier molecular flexibility index (Phi) is 4.97. The molecule has 0 fully saturated rings. The summed E-state index contributed by atoms with van der Waals surface area (Å²) >= 11 is 7.34. The van der Waals surface area contributed by atoms with Gasteiger partial charge in [-0.2, -0.15) is 0 Å². The highest BCUT2D eigenvalue weighted by atomic mass is 35.5. The van der Waals surface area contributed by atoms with E-state index in [4.69, 9.17) is 16.3 Å². The molecule has 0 unspecified atom stereocenters. The summed E-state index contributed by atoms with van der Waals surface area (Å²) in [5.74, 6) is 0.378. The maximum atomic E-state index is 12.1. The Morgan fingerprint density at radius 1 is 1.38 bits per heavy atom. The molecule has 0 saturated carbocycles. The van der Waals surface area contributed by atoms with Crippen LogP contribution in [0.2, 0.25) is 5.02 Å². The van der Waals surface area contributed by atoms with Gasteiger partial charge in [0.25, 0.3) is 0 Å². The predicted octanol–water partition coefficient (Wildman–Crippen LogP) is 4.44. The molecule has 2 aromatic heterocycles. The Balaban J connectivity index is 1.92. The van der Waals surface area contributed by atoms with E-state index in [-0.39, 0.29) is 5.97 Å². The van der Waals surface area contributed by atoms with Gasteiger partial charge in [-0.25, -0.2) is 14.8 Å². The lowest BCUT2D eigenvalue weighted by Crippen LogP contribution is -2.04. The highest BCUT2D eigenvalue weighted by Crippen LogP contribution is 2.33. The molecular weight excluding hydrogens is 346 g/mol. The van der Waals surface area contributed by atoms with E-state index in [9.17, 15) is 4.79 Å². The molecule has 0 aliphatic carbocycles. The van der Waals surface area contributed by atoms with E-state index in [1.807, 2.05) is 31.2 Å². The molecule has 3 aromatic rings. The first-order valence-electron chi connectivity index (χ1n) is 7.49. The fraction of sp³-hybridized carbons (Fsp3) is 0.235. The number of fused-ring (bicyclic) bond motifs is 1. The van der Waals surface area contributed by atoms with Crippen LogP contribution in [0, 0.1) is 6.92 Å². The van der Waals surface area contributed by atoms with Crippen LogP contribution >= 0.6 is 22.9 Å². The molecule has 0 atom stereocenters. The second kappa shape index (κ2) is 7.15. The lowest BCUT2D eigenvalue weighted by Gasteiger charge is -2.08. The molecular formula is C17H16ClN3O2S. The summed E-state index contributed by atoms with van der Waals surface area (Å²) in [5, 5.41) is 4.85. The average Bonchev–Trinajstić information content (AvgIpc) is 2.91. The van der Waals surface area contributed by atoms with E-state index < -0.39 is 0 Å². The number of thiophene rings is 1. The zero-order valence-corrected chi connectivity index (χ0v) is 14.9. The van der Waals surface area contributed by atoms with Gasteiger partial charge in [0.1, 0.15) is 21.9 Å². The number of nitrogens with zero attached hydrogens (tertiary/aromatic N) is 2. The zero-order valence-electron chi connectivity index (χ0n) is 13.3. The summed E-state index contributed by atoms with van der Waals surface area (Å²) in [6.07, 6.45) is 1.49. The van der Waals surface area contributed by atoms with E-state index in [1.54, 1.807) is 6.92 Å². The van der Waals surface area contributed by atoms with E-state index >= 15 is 0 Å². The molecule has 5 nitrogen and oxygen atoms in total. The number of nitrogens with one attached hydrogen (secondary N) is 1. The molecule has 7 heteroatoms. The molecule has 24 heavy (non-hydrogen) atoms. The number of aryl methyl sites for hydroxylation is 1. The number of anilines is 1. The van der Waals surface area contributed by atoms with Crippen molar-refractivity contribution in [2.75, 3.05) is 11.9 Å². The number of halogens is 1. The Labute approximate surface area is 148 Å². The van der Waals surface area contributed by atoms with Gasteiger partial charge in [0, 0.05) is 11.6 Å². The van der Waals surface area contributed by atoms with Crippen molar-refractivity contribution in [3.05, 3.63) is 51.6 Å². The van der Waals surface area contributed by atoms with Gasteiger partial charge in [0.2, 0.25) is 0 Å². The van der Waals surface area contributed by atoms with Crippen LogP contribution < -0.4 is 5.32 Å². The number of carbonyl (C=O) groups excluding carboxylic acids is 1. The third-order valence-electron chi connectivity index (χ3n) is 3.54. The third-order valence-corrected chi connectivity index (χ3v) is 4.95. The predicted molar refractivity (Wildman–Crippen MR) is 96.9 cm³/mol. The van der Waals surface area contributed by atoms with Crippen LogP contribution in [-0.2, 0) is 11.3 Å². The monoisotopic (exact) mass is 361 g/mol. The van der Waals surface area contributed by atoms with Gasteiger partial charge in [0.05, 0.1) is 12.0 Å². The summed E-state index contributed by atoms with van der Waals surface area (Å²) in [5.41, 5.74) is 1.88. The molecule has 0 saturated heterocycles. The number of aromatic nitrogens is 2. The van der Waals surface area contributed by atoms with Gasteiger partial charge in [0.15, 0.2) is 0 Å². The van der Waals surface area contributed by atoms with Crippen molar-refractivity contribution in [3.63, 3.8) is 0 Å². The minimum atomic E-state index is -0.321. The molecule has 0 aliphatic rings. The number of hydrogen-bond acceptors (Lipinski definition) is 6. The topological polar surface area (TPSA) is 64.1 Å². The first-order valence-corrected chi connectivity index (χ1v) is 8.69. The van der Waals surface area contributed by atoms with Crippen molar-refractivity contribution >= 4 is 44.9 Å². The van der Waals surface area contributed by atoms with E-state index in [2.05, 4.69) is 15.3 Å². The van der Waals surface area contributed by atoms with Gasteiger partial charge in [-0.15, -0.1) is 11.3 Å². The molecule has 0 spiro atoms. The molecule has 124 valence electrons. The lowest BCUT2D eigenvalue weighted by atomic mass is 10.2. The summed E-state index contributed by atoms with van der Waals surface area (Å²) in [4.78, 5) is 22.0. The normalized spacial score (nSPS) is 10.8. The number of esters is 1. The largest absolute Gasteiger partial charge is 0.462 e. The van der Waals surface area contributed by atoms with Gasteiger partial charge in [-0.1, -0.05) is 23.7 Å². The number of benzene rings is 1. The maximum Gasteiger partial charge on any atom is 0.348 e. The van der Waals surface area contributed by atoms with Crippen molar-refractivity contribution in [2.45, 2.75) is 20.4 Å². The van der Waals surface area contributed by atoms with Crippen LogP contribution in [0.1, 0.15) is 27.7 Å². The summed E-state index contributed by atoms with van der Waals surface area (Å²) in [6.45, 7) is 4.60. The summed E-state index contributed by atoms with van der Waals surface area (Å²) in [6, 6.07) is 7.63. The summed E-state index contributed by atoms with van der Waals surface area (Å²) < 4.78 is 5.11. The highest BCUT2D eigenvalue weighted by molar-refractivity contribution is 7.20. The fourth-order valence-corrected chi connectivity index (χ4v) is 3.69. The number of carbonyl (C=O) groups is 1. The lowest BCUT2D eigenvalue weighted by molar-refractivity contribution is 0.0531. The average molecular weight is 362 g/mol. The Morgan fingerprint density at radius 2 is 2.21 bits per heavy atom. The Bertz CT molecular complexity index is 895. The van der Waals surface area contributed by atoms with E-state index in [1.165, 1.54) is 17.7 Å². The second-order valence-electron chi connectivity index (χ2n) is 5.16. The van der Waals surface area contributed by atoms with Crippen molar-refractivity contribution in [3.8, 4) is 0 Å². The van der Waals surface area contributed by atoms with Crippen LogP contribution in [0.25, 0.3) is 10.2 Å². The van der Waals surface area contributed by atoms with Crippen LogP contribution in [0.3, 0.4) is 0 Å². The maximum absolute atomic E-state index is 12.1. The fourth-order valence-electron chi connectivity index (χ4n) is 2.43. The minimum absolute atomic E-state index is 0.321. The van der Waals surface area contributed by atoms with Gasteiger partial charge >= 0.3 is 5.97 Å². The van der Waals surface area contributed by atoms with Gasteiger partial charge in [-0.05, 0) is 37.1 Å². The number of hydrogen-bond donors (Lipinski definition) is 1. The molecule has 0 radical (unpaired) electrons. The highest BCUT2D eigenvalue weighted by Gasteiger charge is 2.20. The molecule has 0 aliphatic heterocycles. The first-order chi connectivity index (χ1) is 11.6. The minimum Gasteiger partial charge on any atom is -0.462 e. The second-order valence-corrected chi connectivity index (χ2v) is 6.60. The van der Waals surface area contributed by atoms with E-state index in [0.717, 1.165) is 21.3 Å². The van der Waals surface area contributed by atoms with Crippen molar-refractivity contribution < 1.29 is 9.53 Å². The summed E-state index contributed by atoms with van der Waals surface area (Å²) in [7, 11) is 0. The number of ether oxygens (including phenoxy) is 1. The van der Waals surface area contributed by atoms with Crippen LogP contribution in [0.5, 0.6) is 0 Å². The molecule has 0 amide bonds. The quantitative estimate of drug-likeness (QED) is 0.680. The zero-order chi connectivity index (χ0) is 17.1. The molecule has 2 heterocycles. The third kappa shape index (κ3) is 3.34. The standard InChI is InChI=1S/C17H16ClN3O2S/c1-3-23-17(22)14-10(2)13-15(20-9-21-16(13)24-14)19-8-11-5-4-6-12(18)7-11/h4-7,9H,3,8H2,1-2H3,(H,19,20,21). The first kappa shape index (κ1) is 16.7. The SMILES string of the molecule is CCOC(=O)c1sc2ncnc(NCc3cccc(Cl)c3)c2c1C. The van der Waals surface area contributed by atoms with Crippen LogP contribution in [0.4, 0.5) is 5.82 Å². The molecule has 0 bridgehead atoms. The van der Waals surface area contributed by atoms with Crippen LogP contribution in [0.15, 0.2) is 30.6 Å².